The first-order chi connectivity index (χ1) is 14.3. The summed E-state index contributed by atoms with van der Waals surface area (Å²) < 4.78 is 28.9. The molecule has 7 nitrogen and oxygen atoms in total. The highest BCUT2D eigenvalue weighted by Gasteiger charge is 2.30. The van der Waals surface area contributed by atoms with E-state index in [0.717, 1.165) is 11.6 Å². The molecule has 2 aromatic carbocycles. The van der Waals surface area contributed by atoms with E-state index >= 15 is 0 Å². The summed E-state index contributed by atoms with van der Waals surface area (Å²) in [5, 5.41) is 8.89. The maximum atomic E-state index is 13.6. The molecule has 0 fully saturated rings. The Labute approximate surface area is 176 Å². The Morgan fingerprint density at radius 3 is 2.57 bits per heavy atom. The Morgan fingerprint density at radius 2 is 1.87 bits per heavy atom. The third-order valence-corrected chi connectivity index (χ3v) is 5.20. The van der Waals surface area contributed by atoms with Gasteiger partial charge >= 0.3 is 0 Å². The van der Waals surface area contributed by atoms with Crippen molar-refractivity contribution >= 4 is 23.4 Å². The number of nitrogens with one attached hydrogen (secondary N) is 1. The van der Waals surface area contributed by atoms with Crippen molar-refractivity contribution in [2.75, 3.05) is 11.9 Å². The van der Waals surface area contributed by atoms with E-state index in [4.69, 9.17) is 16.4 Å². The second kappa shape index (κ2) is 8.00. The summed E-state index contributed by atoms with van der Waals surface area (Å²) >= 11 is 6.04. The van der Waals surface area contributed by atoms with Gasteiger partial charge in [-0.3, -0.25) is 4.57 Å². The molecule has 0 saturated carbocycles. The summed E-state index contributed by atoms with van der Waals surface area (Å²) in [6.45, 7) is 1.95. The van der Waals surface area contributed by atoms with Gasteiger partial charge in [0.15, 0.2) is 12.0 Å². The zero-order valence-electron chi connectivity index (χ0n) is 16.5. The fourth-order valence-corrected chi connectivity index (χ4v) is 3.40. The normalized spacial score (nSPS) is 16.9. The van der Waals surface area contributed by atoms with Gasteiger partial charge in [0.05, 0.1) is 6.04 Å². The molecule has 2 heterocycles. The van der Waals surface area contributed by atoms with Crippen LogP contribution < -0.4 is 10.4 Å². The van der Waals surface area contributed by atoms with Gasteiger partial charge in [0.2, 0.25) is 11.8 Å². The molecule has 0 aliphatic carbocycles. The minimum atomic E-state index is -0.675. The maximum absolute atomic E-state index is 13.6. The molecule has 10 heteroatoms. The summed E-state index contributed by atoms with van der Waals surface area (Å²) in [6, 6.07) is 10.3. The van der Waals surface area contributed by atoms with Crippen LogP contribution >= 0.6 is 11.6 Å². The van der Waals surface area contributed by atoms with Gasteiger partial charge in [-0.05, 0) is 37.3 Å². The van der Waals surface area contributed by atoms with Gasteiger partial charge in [0.1, 0.15) is 11.6 Å². The van der Waals surface area contributed by atoms with E-state index in [2.05, 4.69) is 20.7 Å². The highest BCUT2D eigenvalue weighted by Crippen LogP contribution is 2.25. The van der Waals surface area contributed by atoms with E-state index in [1.807, 2.05) is 31.0 Å². The SMILES string of the molecule is CC(C1N=C(c2cccc(Cl)c2)ON1)N(C)c1nnc(-c2cc(F)cc(F)c2)n1C. The van der Waals surface area contributed by atoms with Crippen LogP contribution in [-0.2, 0) is 11.9 Å². The number of hydrogen-bond acceptors (Lipinski definition) is 6. The van der Waals surface area contributed by atoms with Crippen molar-refractivity contribution in [3.8, 4) is 11.4 Å². The van der Waals surface area contributed by atoms with E-state index in [-0.39, 0.29) is 12.2 Å². The number of hydrogen-bond donors (Lipinski definition) is 1. The van der Waals surface area contributed by atoms with Gasteiger partial charge in [-0.15, -0.1) is 15.7 Å². The van der Waals surface area contributed by atoms with E-state index in [1.54, 1.807) is 23.7 Å². The van der Waals surface area contributed by atoms with Gasteiger partial charge in [0, 0.05) is 36.3 Å². The Bertz CT molecular complexity index is 1100. The number of aliphatic imine (C=N–C) groups is 1. The van der Waals surface area contributed by atoms with Crippen molar-refractivity contribution in [3.05, 3.63) is 64.7 Å². The molecule has 0 radical (unpaired) electrons. The molecular formula is C20H19ClF2N6O. The molecule has 3 aromatic rings. The van der Waals surface area contributed by atoms with Crippen LogP contribution in [0.2, 0.25) is 5.02 Å². The quantitative estimate of drug-likeness (QED) is 0.668. The smallest absolute Gasteiger partial charge is 0.242 e. The monoisotopic (exact) mass is 432 g/mol. The van der Waals surface area contributed by atoms with E-state index in [0.29, 0.717) is 28.3 Å². The number of halogens is 3. The van der Waals surface area contributed by atoms with Crippen LogP contribution in [0.1, 0.15) is 12.5 Å². The Morgan fingerprint density at radius 1 is 1.13 bits per heavy atom. The molecule has 1 N–H and O–H groups in total. The molecule has 0 spiro atoms. The topological polar surface area (TPSA) is 67.6 Å². The standard InChI is InChI=1S/C20H19ClF2N6O/c1-11(17-24-19(30-27-17)12-5-4-6-14(21)7-12)28(2)20-26-25-18(29(20)3)13-8-15(22)10-16(23)9-13/h4-11,17,27H,1-3H3. The lowest BCUT2D eigenvalue weighted by molar-refractivity contribution is 0.168. The number of likely N-dealkylation sites (N-methyl/N-ethyl adjacent to an activating group) is 1. The molecule has 156 valence electrons. The van der Waals surface area contributed by atoms with Crippen molar-refractivity contribution in [2.45, 2.75) is 19.1 Å². The highest BCUT2D eigenvalue weighted by atomic mass is 35.5. The summed E-state index contributed by atoms with van der Waals surface area (Å²) in [5.41, 5.74) is 3.97. The van der Waals surface area contributed by atoms with Crippen LogP contribution in [-0.4, -0.2) is 39.9 Å². The average molecular weight is 433 g/mol. The van der Waals surface area contributed by atoms with Gasteiger partial charge in [-0.2, -0.15) is 0 Å². The van der Waals surface area contributed by atoms with E-state index in [9.17, 15) is 8.78 Å². The lowest BCUT2D eigenvalue weighted by atomic mass is 10.2. The Balaban J connectivity index is 1.56. The third kappa shape index (κ3) is 3.86. The molecule has 1 aromatic heterocycles. The van der Waals surface area contributed by atoms with Gasteiger partial charge in [-0.1, -0.05) is 17.7 Å². The molecule has 0 saturated heterocycles. The van der Waals surface area contributed by atoms with Gasteiger partial charge < -0.3 is 9.74 Å². The molecular weight excluding hydrogens is 414 g/mol. The fourth-order valence-electron chi connectivity index (χ4n) is 3.21. The van der Waals surface area contributed by atoms with E-state index < -0.39 is 11.6 Å². The lowest BCUT2D eigenvalue weighted by Gasteiger charge is -2.27. The average Bonchev–Trinajstić information content (AvgIpc) is 3.33. The molecule has 1 aliphatic heterocycles. The molecule has 2 atom stereocenters. The summed E-state index contributed by atoms with van der Waals surface area (Å²) in [7, 11) is 3.56. The van der Waals surface area contributed by atoms with E-state index in [1.165, 1.54) is 12.1 Å². The largest absolute Gasteiger partial charge is 0.386 e. The fraction of sp³-hybridized carbons (Fsp3) is 0.250. The second-order valence-corrected chi connectivity index (χ2v) is 7.44. The minimum absolute atomic E-state index is 0.179. The number of nitrogens with zero attached hydrogens (tertiary/aromatic N) is 5. The van der Waals surface area contributed by atoms with Gasteiger partial charge in [-0.25, -0.2) is 13.8 Å². The number of hydroxylamine groups is 1. The van der Waals surface area contributed by atoms with Crippen molar-refractivity contribution in [1.82, 2.24) is 20.2 Å². The molecule has 30 heavy (non-hydrogen) atoms. The minimum Gasteiger partial charge on any atom is -0.386 e. The third-order valence-electron chi connectivity index (χ3n) is 4.96. The molecule has 0 amide bonds. The molecule has 0 bridgehead atoms. The zero-order chi connectivity index (χ0) is 21.4. The molecule has 2 unspecified atom stereocenters. The predicted octanol–water partition coefficient (Wildman–Crippen LogP) is 3.55. The van der Waals surface area contributed by atoms with Crippen LogP contribution in [0.5, 0.6) is 0 Å². The maximum Gasteiger partial charge on any atom is 0.242 e. The lowest BCUT2D eigenvalue weighted by Crippen LogP contribution is -2.44. The summed E-state index contributed by atoms with van der Waals surface area (Å²) in [6.07, 6.45) is -0.379. The number of rotatable bonds is 5. The van der Waals surface area contributed by atoms with Crippen LogP contribution in [0.25, 0.3) is 11.4 Å². The first-order valence-electron chi connectivity index (χ1n) is 9.18. The first-order valence-corrected chi connectivity index (χ1v) is 9.56. The Kier molecular flexibility index (Phi) is 5.40. The summed E-state index contributed by atoms with van der Waals surface area (Å²) in [4.78, 5) is 12.0. The van der Waals surface area contributed by atoms with Gasteiger partial charge in [0.25, 0.3) is 0 Å². The number of anilines is 1. The number of aromatic nitrogens is 3. The molecule has 1 aliphatic rings. The van der Waals surface area contributed by atoms with Crippen LogP contribution in [0.4, 0.5) is 14.7 Å². The zero-order valence-corrected chi connectivity index (χ0v) is 17.2. The van der Waals surface area contributed by atoms with Crippen LogP contribution in [0.3, 0.4) is 0 Å². The second-order valence-electron chi connectivity index (χ2n) is 7.00. The Hall–Kier alpha value is -3.04. The van der Waals surface area contributed by atoms with Crippen molar-refractivity contribution < 1.29 is 13.6 Å². The number of benzene rings is 2. The van der Waals surface area contributed by atoms with Crippen molar-refractivity contribution in [1.29, 1.82) is 0 Å². The van der Waals surface area contributed by atoms with Crippen molar-refractivity contribution in [2.24, 2.45) is 12.0 Å². The summed E-state index contributed by atoms with van der Waals surface area (Å²) in [5.74, 6) is -0.0499. The molecule has 4 rings (SSSR count). The predicted molar refractivity (Wildman–Crippen MR) is 110 cm³/mol. The van der Waals surface area contributed by atoms with Crippen LogP contribution in [0, 0.1) is 11.6 Å². The van der Waals surface area contributed by atoms with Crippen molar-refractivity contribution in [3.63, 3.8) is 0 Å². The van der Waals surface area contributed by atoms with Crippen LogP contribution in [0.15, 0.2) is 47.5 Å². The first kappa shape index (κ1) is 20.2. The highest BCUT2D eigenvalue weighted by molar-refractivity contribution is 6.30.